The molecule has 2 aliphatic rings. The maximum atomic E-state index is 11.8. The first-order chi connectivity index (χ1) is 7.12. The van der Waals surface area contributed by atoms with Crippen LogP contribution in [0.3, 0.4) is 0 Å². The van der Waals surface area contributed by atoms with Crippen LogP contribution in [0.4, 0.5) is 0 Å². The van der Waals surface area contributed by atoms with Gasteiger partial charge in [0.05, 0.1) is 0 Å². The molecule has 1 heterocycles. The minimum atomic E-state index is -3.28. The average Bonchev–Trinajstić information content (AvgIpc) is 3.01. The van der Waals surface area contributed by atoms with Gasteiger partial charge in [-0.1, -0.05) is 0 Å². The lowest BCUT2D eigenvalue weighted by Crippen LogP contribution is -2.45. The molecule has 0 radical (unpaired) electrons. The van der Waals surface area contributed by atoms with Crippen molar-refractivity contribution in [3.05, 3.63) is 0 Å². The largest absolute Gasteiger partial charge is 0.303 e. The van der Waals surface area contributed by atoms with E-state index < -0.39 is 10.2 Å². The highest BCUT2D eigenvalue weighted by atomic mass is 32.2. The van der Waals surface area contributed by atoms with Gasteiger partial charge in [-0.3, -0.25) is 0 Å². The van der Waals surface area contributed by atoms with Crippen molar-refractivity contribution in [2.75, 3.05) is 13.1 Å². The highest BCUT2D eigenvalue weighted by molar-refractivity contribution is 7.87. The maximum Gasteiger partial charge on any atom is 0.279 e. The fourth-order valence-electron chi connectivity index (χ4n) is 1.74. The molecule has 0 unspecified atom stereocenters. The first-order valence-electron chi connectivity index (χ1n) is 5.34. The number of carbonyl (C=O) groups excluding carboxylic acids is 1. The van der Waals surface area contributed by atoms with E-state index in [2.05, 4.69) is 4.72 Å². The number of nitrogens with one attached hydrogen (secondary N) is 1. The summed E-state index contributed by atoms with van der Waals surface area (Å²) in [6, 6.07) is 0.152. The minimum absolute atomic E-state index is 0.0392. The number of hydrogen-bond acceptors (Lipinski definition) is 3. The van der Waals surface area contributed by atoms with Gasteiger partial charge in [0, 0.05) is 25.0 Å². The van der Waals surface area contributed by atoms with Crippen molar-refractivity contribution >= 4 is 16.5 Å². The van der Waals surface area contributed by atoms with Crippen LogP contribution < -0.4 is 4.72 Å². The number of piperidine rings is 1. The lowest BCUT2D eigenvalue weighted by molar-refractivity contribution is -0.112. The van der Waals surface area contributed by atoms with Crippen molar-refractivity contribution in [2.24, 2.45) is 5.92 Å². The fourth-order valence-corrected chi connectivity index (χ4v) is 3.24. The molecule has 1 N–H and O–H groups in total. The van der Waals surface area contributed by atoms with E-state index in [4.69, 9.17) is 0 Å². The third-order valence-corrected chi connectivity index (χ3v) is 4.60. The predicted molar refractivity (Wildman–Crippen MR) is 55.4 cm³/mol. The molecule has 0 bridgehead atoms. The Morgan fingerprint density at radius 3 is 2.20 bits per heavy atom. The van der Waals surface area contributed by atoms with Gasteiger partial charge in [-0.2, -0.15) is 17.4 Å². The summed E-state index contributed by atoms with van der Waals surface area (Å²) in [5, 5.41) is 0. The summed E-state index contributed by atoms with van der Waals surface area (Å²) in [6.07, 6.45) is 4.12. The van der Waals surface area contributed by atoms with Crippen LogP contribution in [0.15, 0.2) is 0 Å². The molecular formula is C9H16N2O3S. The molecule has 15 heavy (non-hydrogen) atoms. The predicted octanol–water partition coefficient (Wildman–Crippen LogP) is -0.106. The smallest absolute Gasteiger partial charge is 0.279 e. The molecular weight excluding hydrogens is 216 g/mol. The molecule has 0 aromatic rings. The third-order valence-electron chi connectivity index (χ3n) is 2.92. The summed E-state index contributed by atoms with van der Waals surface area (Å²) in [7, 11) is -3.28. The van der Waals surface area contributed by atoms with Crippen LogP contribution in [0, 0.1) is 5.92 Å². The van der Waals surface area contributed by atoms with E-state index in [9.17, 15) is 13.2 Å². The molecule has 5 nitrogen and oxygen atoms in total. The second-order valence-corrected chi connectivity index (χ2v) is 5.97. The zero-order chi connectivity index (χ0) is 10.9. The molecule has 0 aromatic heterocycles. The van der Waals surface area contributed by atoms with Gasteiger partial charge < -0.3 is 4.79 Å². The first-order valence-corrected chi connectivity index (χ1v) is 6.78. The van der Waals surface area contributed by atoms with Crippen molar-refractivity contribution in [2.45, 2.75) is 31.7 Å². The Bertz CT molecular complexity index is 329. The van der Waals surface area contributed by atoms with Gasteiger partial charge >= 0.3 is 0 Å². The van der Waals surface area contributed by atoms with Crippen LogP contribution in [-0.4, -0.2) is 38.1 Å². The van der Waals surface area contributed by atoms with Gasteiger partial charge in [0.2, 0.25) is 0 Å². The Morgan fingerprint density at radius 1 is 1.13 bits per heavy atom. The summed E-state index contributed by atoms with van der Waals surface area (Å²) in [4.78, 5) is 10.5. The number of aldehydes is 1. The molecule has 1 aliphatic heterocycles. The molecule has 0 amide bonds. The second kappa shape index (κ2) is 4.19. The summed E-state index contributed by atoms with van der Waals surface area (Å²) in [5.41, 5.74) is 0. The highest BCUT2D eigenvalue weighted by Crippen LogP contribution is 2.22. The van der Waals surface area contributed by atoms with Gasteiger partial charge in [0.25, 0.3) is 10.2 Å². The standard InChI is InChI=1S/C9H16N2O3S/c12-7-8-3-5-11(6-4-8)15(13,14)10-9-1-2-9/h7-10H,1-6H2. The van der Waals surface area contributed by atoms with Gasteiger partial charge in [0.15, 0.2) is 0 Å². The Labute approximate surface area is 90.0 Å². The van der Waals surface area contributed by atoms with E-state index in [1.54, 1.807) is 0 Å². The zero-order valence-electron chi connectivity index (χ0n) is 8.55. The molecule has 0 aromatic carbocycles. The van der Waals surface area contributed by atoms with Gasteiger partial charge in [-0.15, -0.1) is 0 Å². The average molecular weight is 232 g/mol. The minimum Gasteiger partial charge on any atom is -0.303 e. The molecule has 2 fully saturated rings. The molecule has 1 saturated heterocycles. The molecule has 6 heteroatoms. The summed E-state index contributed by atoms with van der Waals surface area (Å²) < 4.78 is 27.6. The van der Waals surface area contributed by atoms with Crippen LogP contribution in [0.2, 0.25) is 0 Å². The molecule has 0 atom stereocenters. The van der Waals surface area contributed by atoms with Crippen LogP contribution in [0.5, 0.6) is 0 Å². The molecule has 0 spiro atoms. The van der Waals surface area contributed by atoms with Crippen molar-refractivity contribution in [3.63, 3.8) is 0 Å². The van der Waals surface area contributed by atoms with E-state index >= 15 is 0 Å². The quantitative estimate of drug-likeness (QED) is 0.688. The summed E-state index contributed by atoms with van der Waals surface area (Å²) in [6.45, 7) is 0.927. The maximum absolute atomic E-state index is 11.8. The zero-order valence-corrected chi connectivity index (χ0v) is 9.37. The first kappa shape index (κ1) is 11.0. The van der Waals surface area contributed by atoms with Gasteiger partial charge in [-0.25, -0.2) is 0 Å². The van der Waals surface area contributed by atoms with Crippen molar-refractivity contribution in [1.29, 1.82) is 0 Å². The Kier molecular flexibility index (Phi) is 3.08. The van der Waals surface area contributed by atoms with Gasteiger partial charge in [-0.05, 0) is 25.7 Å². The van der Waals surface area contributed by atoms with Crippen LogP contribution in [0.1, 0.15) is 25.7 Å². The van der Waals surface area contributed by atoms with E-state index in [-0.39, 0.29) is 12.0 Å². The lowest BCUT2D eigenvalue weighted by Gasteiger charge is -2.28. The summed E-state index contributed by atoms with van der Waals surface area (Å²) >= 11 is 0. The lowest BCUT2D eigenvalue weighted by atomic mass is 10.0. The summed E-state index contributed by atoms with van der Waals surface area (Å²) in [5.74, 6) is 0.0392. The molecule has 2 rings (SSSR count). The normalized spacial score (nSPS) is 25.3. The fraction of sp³-hybridized carbons (Fsp3) is 0.889. The SMILES string of the molecule is O=CC1CCN(S(=O)(=O)NC2CC2)CC1. The van der Waals surface area contributed by atoms with E-state index in [0.717, 1.165) is 19.1 Å². The molecule has 1 aliphatic carbocycles. The van der Waals surface area contributed by atoms with E-state index in [1.807, 2.05) is 0 Å². The third kappa shape index (κ3) is 2.76. The van der Waals surface area contributed by atoms with Crippen molar-refractivity contribution < 1.29 is 13.2 Å². The van der Waals surface area contributed by atoms with Crippen LogP contribution in [-0.2, 0) is 15.0 Å². The number of rotatable bonds is 4. The Morgan fingerprint density at radius 2 is 1.73 bits per heavy atom. The number of carbonyl (C=O) groups is 1. The molecule has 1 saturated carbocycles. The van der Waals surface area contributed by atoms with Crippen LogP contribution >= 0.6 is 0 Å². The van der Waals surface area contributed by atoms with E-state index in [1.165, 1.54) is 4.31 Å². The Hall–Kier alpha value is -0.460. The monoisotopic (exact) mass is 232 g/mol. The van der Waals surface area contributed by atoms with Gasteiger partial charge in [0.1, 0.15) is 6.29 Å². The van der Waals surface area contributed by atoms with E-state index in [0.29, 0.717) is 25.9 Å². The van der Waals surface area contributed by atoms with Crippen molar-refractivity contribution in [1.82, 2.24) is 9.03 Å². The number of hydrogen-bond donors (Lipinski definition) is 1. The van der Waals surface area contributed by atoms with Crippen molar-refractivity contribution in [3.8, 4) is 0 Å². The Balaban J connectivity index is 1.90. The second-order valence-electron chi connectivity index (χ2n) is 4.27. The molecule has 86 valence electrons. The topological polar surface area (TPSA) is 66.5 Å². The van der Waals surface area contributed by atoms with Crippen LogP contribution in [0.25, 0.3) is 0 Å². The highest BCUT2D eigenvalue weighted by Gasteiger charge is 2.32. The number of nitrogens with zero attached hydrogens (tertiary/aromatic N) is 1.